The Morgan fingerprint density at radius 3 is 2.61 bits per heavy atom. The Morgan fingerprint density at radius 1 is 1.39 bits per heavy atom. The van der Waals surface area contributed by atoms with Crippen LogP contribution in [0.1, 0.15) is 18.9 Å². The minimum absolute atomic E-state index is 0.0824. The highest BCUT2D eigenvalue weighted by Gasteiger charge is 2.13. The number of nitrogens with zero attached hydrogens (tertiary/aromatic N) is 1. The van der Waals surface area contributed by atoms with Crippen molar-refractivity contribution in [3.8, 4) is 0 Å². The summed E-state index contributed by atoms with van der Waals surface area (Å²) in [5.41, 5.74) is 6.47. The molecule has 100 valence electrons. The first kappa shape index (κ1) is 15.3. The lowest BCUT2D eigenvalue weighted by Gasteiger charge is -2.19. The number of amides is 1. The van der Waals surface area contributed by atoms with Crippen molar-refractivity contribution in [2.24, 2.45) is 11.7 Å². The fourth-order valence-electron chi connectivity index (χ4n) is 1.54. The number of hydrogen-bond acceptors (Lipinski definition) is 2. The summed E-state index contributed by atoms with van der Waals surface area (Å²) >= 11 is 11.8. The summed E-state index contributed by atoms with van der Waals surface area (Å²) in [5, 5.41) is 1.02. The van der Waals surface area contributed by atoms with Crippen LogP contribution in [0, 0.1) is 5.92 Å². The number of rotatable bonds is 5. The van der Waals surface area contributed by atoms with Crippen molar-refractivity contribution >= 4 is 29.1 Å². The lowest BCUT2D eigenvalue weighted by Crippen LogP contribution is -2.29. The minimum Gasteiger partial charge on any atom is -0.341 e. The molecule has 0 aliphatic carbocycles. The van der Waals surface area contributed by atoms with Gasteiger partial charge in [-0.2, -0.15) is 0 Å². The van der Waals surface area contributed by atoms with Gasteiger partial charge in [0.25, 0.3) is 0 Å². The lowest BCUT2D eigenvalue weighted by molar-refractivity contribution is -0.131. The number of carbonyl (C=O) groups is 1. The molecule has 5 heteroatoms. The number of nitrogens with two attached hydrogens (primary N) is 1. The van der Waals surface area contributed by atoms with E-state index < -0.39 is 0 Å². The molecular formula is C13H18Cl2N2O. The van der Waals surface area contributed by atoms with Crippen LogP contribution >= 0.6 is 23.2 Å². The van der Waals surface area contributed by atoms with Gasteiger partial charge in [0.05, 0.1) is 10.0 Å². The molecule has 1 aromatic rings. The second-order valence-electron chi connectivity index (χ2n) is 4.54. The molecule has 1 unspecified atom stereocenters. The summed E-state index contributed by atoms with van der Waals surface area (Å²) in [5.74, 6) is 0.285. The highest BCUT2D eigenvalue weighted by atomic mass is 35.5. The van der Waals surface area contributed by atoms with Crippen molar-refractivity contribution in [1.29, 1.82) is 0 Å². The molecule has 3 nitrogen and oxygen atoms in total. The van der Waals surface area contributed by atoms with E-state index in [4.69, 9.17) is 28.9 Å². The van der Waals surface area contributed by atoms with Crippen molar-refractivity contribution in [2.75, 3.05) is 13.6 Å². The Bertz CT molecular complexity index is 423. The number of halogens is 2. The average molecular weight is 289 g/mol. The van der Waals surface area contributed by atoms with Gasteiger partial charge in [-0.25, -0.2) is 0 Å². The zero-order chi connectivity index (χ0) is 13.7. The molecule has 0 saturated heterocycles. The van der Waals surface area contributed by atoms with Crippen LogP contribution in [0.15, 0.2) is 18.2 Å². The monoisotopic (exact) mass is 288 g/mol. The zero-order valence-electron chi connectivity index (χ0n) is 10.6. The van der Waals surface area contributed by atoms with Gasteiger partial charge in [-0.05, 0) is 30.2 Å². The molecule has 1 rings (SSSR count). The van der Waals surface area contributed by atoms with E-state index in [1.165, 1.54) is 0 Å². The number of carbonyl (C=O) groups excluding carboxylic acids is 1. The van der Waals surface area contributed by atoms with Gasteiger partial charge in [-0.3, -0.25) is 4.79 Å². The first-order chi connectivity index (χ1) is 8.43. The van der Waals surface area contributed by atoms with E-state index in [1.807, 2.05) is 13.0 Å². The van der Waals surface area contributed by atoms with Gasteiger partial charge < -0.3 is 10.6 Å². The van der Waals surface area contributed by atoms with Gasteiger partial charge >= 0.3 is 0 Å². The third-order valence-corrected chi connectivity index (χ3v) is 3.49. The Hall–Kier alpha value is -0.770. The summed E-state index contributed by atoms with van der Waals surface area (Å²) < 4.78 is 0. The normalized spacial score (nSPS) is 12.3. The van der Waals surface area contributed by atoms with E-state index in [9.17, 15) is 4.79 Å². The molecule has 0 heterocycles. The molecule has 0 bridgehead atoms. The largest absolute Gasteiger partial charge is 0.341 e. The molecule has 0 aliphatic heterocycles. The van der Waals surface area contributed by atoms with Crippen molar-refractivity contribution in [3.63, 3.8) is 0 Å². The van der Waals surface area contributed by atoms with Gasteiger partial charge in [0.2, 0.25) is 5.91 Å². The van der Waals surface area contributed by atoms with E-state index in [1.54, 1.807) is 24.1 Å². The quantitative estimate of drug-likeness (QED) is 0.906. The Balaban J connectivity index is 2.60. The molecule has 0 spiro atoms. The highest BCUT2D eigenvalue weighted by Crippen LogP contribution is 2.23. The van der Waals surface area contributed by atoms with Crippen LogP contribution in [0.4, 0.5) is 0 Å². The van der Waals surface area contributed by atoms with Crippen LogP contribution in [-0.2, 0) is 11.3 Å². The fraction of sp³-hybridized carbons (Fsp3) is 0.462. The lowest BCUT2D eigenvalue weighted by atomic mass is 10.1. The fourth-order valence-corrected chi connectivity index (χ4v) is 1.86. The topological polar surface area (TPSA) is 46.3 Å². The smallest absolute Gasteiger partial charge is 0.222 e. The molecular weight excluding hydrogens is 271 g/mol. The second kappa shape index (κ2) is 6.98. The van der Waals surface area contributed by atoms with Crippen molar-refractivity contribution < 1.29 is 4.79 Å². The maximum atomic E-state index is 11.9. The summed E-state index contributed by atoms with van der Waals surface area (Å²) in [6.45, 7) is 3.00. The van der Waals surface area contributed by atoms with Gasteiger partial charge in [0.1, 0.15) is 0 Å². The first-order valence-corrected chi connectivity index (χ1v) is 6.57. The highest BCUT2D eigenvalue weighted by molar-refractivity contribution is 6.42. The van der Waals surface area contributed by atoms with Crippen LogP contribution < -0.4 is 5.73 Å². The predicted molar refractivity (Wildman–Crippen MR) is 75.8 cm³/mol. The molecule has 0 fully saturated rings. The molecule has 18 heavy (non-hydrogen) atoms. The zero-order valence-corrected chi connectivity index (χ0v) is 12.1. The summed E-state index contributed by atoms with van der Waals surface area (Å²) in [6.07, 6.45) is 0.467. The van der Waals surface area contributed by atoms with Crippen molar-refractivity contribution in [1.82, 2.24) is 4.90 Å². The van der Waals surface area contributed by atoms with Gasteiger partial charge in [0, 0.05) is 20.0 Å². The van der Waals surface area contributed by atoms with E-state index >= 15 is 0 Å². The molecule has 1 atom stereocenters. The van der Waals surface area contributed by atoms with E-state index in [2.05, 4.69) is 0 Å². The Morgan fingerprint density at radius 2 is 2.06 bits per heavy atom. The van der Waals surface area contributed by atoms with Crippen LogP contribution in [0.3, 0.4) is 0 Å². The predicted octanol–water partition coefficient (Wildman–Crippen LogP) is 2.94. The second-order valence-corrected chi connectivity index (χ2v) is 5.36. The molecule has 2 N–H and O–H groups in total. The minimum atomic E-state index is 0.0824. The molecule has 1 amide bonds. The standard InChI is InChI=1S/C13H18Cl2N2O/c1-9(7-16)5-13(18)17(2)8-10-3-4-11(14)12(15)6-10/h3-4,6,9H,5,7-8,16H2,1-2H3. The number of hydrogen-bond donors (Lipinski definition) is 1. The van der Waals surface area contributed by atoms with Crippen LogP contribution in [-0.4, -0.2) is 24.4 Å². The third kappa shape index (κ3) is 4.48. The summed E-state index contributed by atoms with van der Waals surface area (Å²) in [6, 6.07) is 5.38. The SMILES string of the molecule is CC(CN)CC(=O)N(C)Cc1ccc(Cl)c(Cl)c1. The third-order valence-electron chi connectivity index (χ3n) is 2.75. The summed E-state index contributed by atoms with van der Waals surface area (Å²) in [7, 11) is 1.77. The van der Waals surface area contributed by atoms with Gasteiger partial charge in [-0.1, -0.05) is 36.2 Å². The maximum Gasteiger partial charge on any atom is 0.222 e. The Kier molecular flexibility index (Phi) is 5.93. The molecule has 0 aliphatic rings. The van der Waals surface area contributed by atoms with Crippen LogP contribution in [0.5, 0.6) is 0 Å². The maximum absolute atomic E-state index is 11.9. The molecule has 1 aromatic carbocycles. The van der Waals surface area contributed by atoms with E-state index in [0.717, 1.165) is 5.56 Å². The first-order valence-electron chi connectivity index (χ1n) is 5.82. The Labute approximate surface area is 118 Å². The number of benzene rings is 1. The van der Waals surface area contributed by atoms with Gasteiger partial charge in [-0.15, -0.1) is 0 Å². The summed E-state index contributed by atoms with van der Waals surface area (Å²) in [4.78, 5) is 13.6. The molecule has 0 aromatic heterocycles. The molecule has 0 saturated carbocycles. The van der Waals surface area contributed by atoms with E-state index in [0.29, 0.717) is 29.6 Å². The van der Waals surface area contributed by atoms with Gasteiger partial charge in [0.15, 0.2) is 0 Å². The van der Waals surface area contributed by atoms with Crippen LogP contribution in [0.25, 0.3) is 0 Å². The van der Waals surface area contributed by atoms with E-state index in [-0.39, 0.29) is 11.8 Å². The average Bonchev–Trinajstić information content (AvgIpc) is 2.33. The molecule has 0 radical (unpaired) electrons. The van der Waals surface area contributed by atoms with Crippen LogP contribution in [0.2, 0.25) is 10.0 Å². The van der Waals surface area contributed by atoms with Crippen molar-refractivity contribution in [3.05, 3.63) is 33.8 Å². The van der Waals surface area contributed by atoms with Crippen molar-refractivity contribution in [2.45, 2.75) is 19.9 Å².